The Labute approximate surface area is 132 Å². The van der Waals surface area contributed by atoms with E-state index < -0.39 is 17.7 Å². The number of hydrogen-bond donors (Lipinski definition) is 3. The summed E-state index contributed by atoms with van der Waals surface area (Å²) in [7, 11) is 0. The van der Waals surface area contributed by atoms with Gasteiger partial charge in [-0.25, -0.2) is 4.79 Å². The molecular weight excluding hydrogens is 284 g/mol. The van der Waals surface area contributed by atoms with E-state index in [0.717, 1.165) is 25.7 Å². The van der Waals surface area contributed by atoms with Crippen molar-refractivity contribution in [2.45, 2.75) is 84.0 Å². The van der Waals surface area contributed by atoms with E-state index in [-0.39, 0.29) is 18.0 Å². The first-order valence-corrected chi connectivity index (χ1v) is 8.04. The third-order valence-electron chi connectivity index (χ3n) is 4.52. The molecule has 2 amide bonds. The summed E-state index contributed by atoms with van der Waals surface area (Å²) in [6, 6.07) is 0.0318. The summed E-state index contributed by atoms with van der Waals surface area (Å²) in [4.78, 5) is 24.6. The maximum Gasteiger partial charge on any atom is 0.407 e. The molecule has 0 bridgehead atoms. The van der Waals surface area contributed by atoms with Crippen molar-refractivity contribution in [1.29, 1.82) is 0 Å². The number of carbonyl (C=O) groups excluding carboxylic acids is 1. The van der Waals surface area contributed by atoms with E-state index in [2.05, 4.69) is 5.32 Å². The van der Waals surface area contributed by atoms with Crippen molar-refractivity contribution in [3.8, 4) is 0 Å². The van der Waals surface area contributed by atoms with Gasteiger partial charge in [0.15, 0.2) is 0 Å². The Balaban J connectivity index is 2.60. The van der Waals surface area contributed by atoms with Crippen molar-refractivity contribution in [3.63, 3.8) is 0 Å². The molecule has 1 aliphatic carbocycles. The Bertz CT molecular complexity index is 395. The molecule has 3 N–H and O–H groups in total. The molecule has 0 aromatic heterocycles. The van der Waals surface area contributed by atoms with E-state index in [4.69, 9.17) is 0 Å². The van der Waals surface area contributed by atoms with Crippen LogP contribution in [0.4, 0.5) is 4.79 Å². The van der Waals surface area contributed by atoms with Gasteiger partial charge >= 0.3 is 6.09 Å². The van der Waals surface area contributed by atoms with Crippen LogP contribution in [0.3, 0.4) is 0 Å². The van der Waals surface area contributed by atoms with Crippen LogP contribution < -0.4 is 5.32 Å². The fraction of sp³-hybridized carbons (Fsp3) is 0.875. The molecule has 0 unspecified atom stereocenters. The molecule has 6 heteroatoms. The number of aliphatic hydroxyl groups is 1. The second-order valence-corrected chi connectivity index (χ2v) is 7.36. The number of carboxylic acid groups (broad SMARTS) is 1. The van der Waals surface area contributed by atoms with Gasteiger partial charge in [0.25, 0.3) is 0 Å². The molecule has 0 saturated heterocycles. The maximum atomic E-state index is 11.6. The largest absolute Gasteiger partial charge is 0.465 e. The number of nitrogens with zero attached hydrogens (tertiary/aromatic N) is 1. The SMILES string of the molecule is C[C@@H](O)C(=O)N[C@H]1CC[C@H]([C@@H](C)N(C(=O)O)C(C)(C)C)CC1. The minimum atomic E-state index is -0.986. The Hall–Kier alpha value is -1.30. The zero-order chi connectivity index (χ0) is 17.1. The average molecular weight is 314 g/mol. The zero-order valence-corrected chi connectivity index (χ0v) is 14.3. The molecule has 22 heavy (non-hydrogen) atoms. The van der Waals surface area contributed by atoms with E-state index in [0.29, 0.717) is 5.92 Å². The number of nitrogens with one attached hydrogen (secondary N) is 1. The molecule has 128 valence electrons. The molecule has 0 heterocycles. The van der Waals surface area contributed by atoms with Crippen molar-refractivity contribution in [2.24, 2.45) is 5.92 Å². The van der Waals surface area contributed by atoms with Crippen LogP contribution in [0.15, 0.2) is 0 Å². The number of amides is 2. The van der Waals surface area contributed by atoms with E-state index in [9.17, 15) is 19.8 Å². The Morgan fingerprint density at radius 3 is 2.00 bits per heavy atom. The normalized spacial score (nSPS) is 25.2. The Kier molecular flexibility index (Phi) is 6.23. The summed E-state index contributed by atoms with van der Waals surface area (Å²) < 4.78 is 0. The molecule has 0 aromatic rings. The summed E-state index contributed by atoms with van der Waals surface area (Å²) in [5, 5.41) is 21.6. The highest BCUT2D eigenvalue weighted by Gasteiger charge is 2.36. The molecule has 0 radical (unpaired) electrons. The third kappa shape index (κ3) is 4.87. The molecule has 6 nitrogen and oxygen atoms in total. The van der Waals surface area contributed by atoms with Gasteiger partial charge < -0.3 is 20.4 Å². The second-order valence-electron chi connectivity index (χ2n) is 7.36. The smallest absolute Gasteiger partial charge is 0.407 e. The van der Waals surface area contributed by atoms with Gasteiger partial charge in [0.2, 0.25) is 5.91 Å². The van der Waals surface area contributed by atoms with Crippen molar-refractivity contribution >= 4 is 12.0 Å². The molecule has 0 aliphatic heterocycles. The van der Waals surface area contributed by atoms with Crippen molar-refractivity contribution in [2.75, 3.05) is 0 Å². The molecule has 1 saturated carbocycles. The predicted octanol–water partition coefficient (Wildman–Crippen LogP) is 2.21. The van der Waals surface area contributed by atoms with Gasteiger partial charge in [-0.15, -0.1) is 0 Å². The number of aliphatic hydroxyl groups excluding tert-OH is 1. The molecule has 0 aromatic carbocycles. The fourth-order valence-electron chi connectivity index (χ4n) is 3.35. The van der Waals surface area contributed by atoms with E-state index in [1.807, 2.05) is 27.7 Å². The lowest BCUT2D eigenvalue weighted by Gasteiger charge is -2.43. The highest BCUT2D eigenvalue weighted by Crippen LogP contribution is 2.32. The fourth-order valence-corrected chi connectivity index (χ4v) is 3.35. The lowest BCUT2D eigenvalue weighted by Crippen LogP contribution is -2.53. The highest BCUT2D eigenvalue weighted by molar-refractivity contribution is 5.80. The van der Waals surface area contributed by atoms with Crippen LogP contribution in [0.25, 0.3) is 0 Å². The topological polar surface area (TPSA) is 89.9 Å². The Morgan fingerprint density at radius 1 is 1.14 bits per heavy atom. The van der Waals surface area contributed by atoms with Gasteiger partial charge in [0.05, 0.1) is 0 Å². The molecule has 1 fully saturated rings. The highest BCUT2D eigenvalue weighted by atomic mass is 16.4. The summed E-state index contributed by atoms with van der Waals surface area (Å²) in [6.45, 7) is 9.15. The van der Waals surface area contributed by atoms with Crippen molar-refractivity contribution in [1.82, 2.24) is 10.2 Å². The number of hydrogen-bond acceptors (Lipinski definition) is 3. The van der Waals surface area contributed by atoms with Crippen LogP contribution in [0.1, 0.15) is 60.3 Å². The van der Waals surface area contributed by atoms with Crippen molar-refractivity contribution in [3.05, 3.63) is 0 Å². The predicted molar refractivity (Wildman–Crippen MR) is 84.6 cm³/mol. The van der Waals surface area contributed by atoms with Gasteiger partial charge in [-0.3, -0.25) is 4.79 Å². The first-order chi connectivity index (χ1) is 10.0. The van der Waals surface area contributed by atoms with E-state index >= 15 is 0 Å². The maximum absolute atomic E-state index is 11.6. The average Bonchev–Trinajstić information content (AvgIpc) is 2.37. The molecule has 1 rings (SSSR count). The van der Waals surface area contributed by atoms with Gasteiger partial charge in [0.1, 0.15) is 6.10 Å². The van der Waals surface area contributed by atoms with Crippen LogP contribution in [-0.4, -0.2) is 50.8 Å². The zero-order valence-electron chi connectivity index (χ0n) is 14.3. The minimum Gasteiger partial charge on any atom is -0.465 e. The van der Waals surface area contributed by atoms with Crippen LogP contribution in [0, 0.1) is 5.92 Å². The summed E-state index contributed by atoms with van der Waals surface area (Å²) in [5.74, 6) is -0.0339. The van der Waals surface area contributed by atoms with E-state index in [1.165, 1.54) is 11.8 Å². The molecule has 0 spiro atoms. The summed E-state index contributed by atoms with van der Waals surface area (Å²) >= 11 is 0. The third-order valence-corrected chi connectivity index (χ3v) is 4.52. The monoisotopic (exact) mass is 314 g/mol. The standard InChI is InChI=1S/C16H30N2O4/c1-10(18(15(21)22)16(3,4)5)12-6-8-13(9-7-12)17-14(20)11(2)19/h10-13,19H,6-9H2,1-5H3,(H,17,20)(H,21,22)/t10-,11-,12-,13-/m1/s1. The van der Waals surface area contributed by atoms with E-state index in [1.54, 1.807) is 0 Å². The summed E-state index contributed by atoms with van der Waals surface area (Å²) in [5.41, 5.74) is -0.428. The number of carbonyl (C=O) groups is 2. The van der Waals surface area contributed by atoms with Crippen LogP contribution in [0.5, 0.6) is 0 Å². The Morgan fingerprint density at radius 2 is 1.64 bits per heavy atom. The first-order valence-electron chi connectivity index (χ1n) is 8.04. The molecular formula is C16H30N2O4. The van der Waals surface area contributed by atoms with Crippen LogP contribution >= 0.6 is 0 Å². The van der Waals surface area contributed by atoms with Gasteiger partial charge in [0, 0.05) is 17.6 Å². The lowest BCUT2D eigenvalue weighted by molar-refractivity contribution is -0.129. The molecule has 1 aliphatic rings. The quantitative estimate of drug-likeness (QED) is 0.742. The second kappa shape index (κ2) is 7.31. The molecule has 2 atom stereocenters. The number of rotatable bonds is 4. The lowest BCUT2D eigenvalue weighted by atomic mass is 9.80. The van der Waals surface area contributed by atoms with Gasteiger partial charge in [-0.05, 0) is 66.2 Å². The van der Waals surface area contributed by atoms with Crippen LogP contribution in [0.2, 0.25) is 0 Å². The van der Waals surface area contributed by atoms with Crippen LogP contribution in [-0.2, 0) is 4.79 Å². The van der Waals surface area contributed by atoms with Gasteiger partial charge in [-0.2, -0.15) is 0 Å². The minimum absolute atomic E-state index is 0.0501. The first kappa shape index (κ1) is 18.7. The van der Waals surface area contributed by atoms with Gasteiger partial charge in [-0.1, -0.05) is 0 Å². The summed E-state index contributed by atoms with van der Waals surface area (Å²) in [6.07, 6.45) is 1.54. The van der Waals surface area contributed by atoms with Crippen molar-refractivity contribution < 1.29 is 19.8 Å².